The number of tetrazole rings is 1. The van der Waals surface area contributed by atoms with Crippen LogP contribution in [0.3, 0.4) is 0 Å². The summed E-state index contributed by atoms with van der Waals surface area (Å²) in [6.07, 6.45) is 4.72. The number of carboxylic acid groups (broad SMARTS) is 1. The first kappa shape index (κ1) is 24.4. The summed E-state index contributed by atoms with van der Waals surface area (Å²) < 4.78 is 1.92. The number of aliphatic carboxylic acids is 1. The molecule has 1 unspecified atom stereocenters. The van der Waals surface area contributed by atoms with E-state index < -0.39 is 12.0 Å². The summed E-state index contributed by atoms with van der Waals surface area (Å²) >= 11 is 0. The molecular formula is C26H33N7O2. The molecule has 0 spiro atoms. The number of fused-ring (bicyclic) bond motifs is 1. The van der Waals surface area contributed by atoms with Gasteiger partial charge < -0.3 is 10.0 Å². The van der Waals surface area contributed by atoms with Crippen molar-refractivity contribution in [1.82, 2.24) is 30.2 Å². The van der Waals surface area contributed by atoms with Crippen molar-refractivity contribution in [2.75, 3.05) is 18.0 Å². The molecule has 0 fully saturated rings. The zero-order valence-electron chi connectivity index (χ0n) is 20.6. The summed E-state index contributed by atoms with van der Waals surface area (Å²) in [5, 5.41) is 24.7. The Kier molecular flexibility index (Phi) is 7.74. The molecule has 0 radical (unpaired) electrons. The van der Waals surface area contributed by atoms with Crippen molar-refractivity contribution in [3.63, 3.8) is 0 Å². The van der Waals surface area contributed by atoms with Gasteiger partial charge in [0.15, 0.2) is 0 Å². The predicted octanol–water partition coefficient (Wildman–Crippen LogP) is 5.33. The second kappa shape index (κ2) is 11.1. The van der Waals surface area contributed by atoms with Crippen molar-refractivity contribution < 1.29 is 9.90 Å². The number of anilines is 1. The Morgan fingerprint density at radius 2 is 1.83 bits per heavy atom. The van der Waals surface area contributed by atoms with E-state index >= 15 is 0 Å². The van der Waals surface area contributed by atoms with Gasteiger partial charge in [0.25, 0.3) is 0 Å². The highest BCUT2D eigenvalue weighted by Crippen LogP contribution is 2.35. The molecule has 1 atom stereocenters. The van der Waals surface area contributed by atoms with Gasteiger partial charge in [-0.3, -0.25) is 4.57 Å². The van der Waals surface area contributed by atoms with Crippen molar-refractivity contribution >= 4 is 23.0 Å². The van der Waals surface area contributed by atoms with Gasteiger partial charge >= 0.3 is 5.97 Å². The molecule has 184 valence electrons. The lowest BCUT2D eigenvalue weighted by Gasteiger charge is -2.25. The molecule has 4 aromatic rings. The monoisotopic (exact) mass is 475 g/mol. The van der Waals surface area contributed by atoms with Gasteiger partial charge in [-0.15, -0.1) is 10.2 Å². The van der Waals surface area contributed by atoms with Crippen LogP contribution in [0.5, 0.6) is 0 Å². The van der Waals surface area contributed by atoms with Crippen LogP contribution in [0.4, 0.5) is 5.95 Å². The summed E-state index contributed by atoms with van der Waals surface area (Å²) in [5.41, 5.74) is 4.39. The molecule has 4 rings (SSSR count). The normalized spacial score (nSPS) is 12.2. The van der Waals surface area contributed by atoms with Crippen LogP contribution in [0.25, 0.3) is 33.5 Å². The second-order valence-electron chi connectivity index (χ2n) is 8.64. The minimum Gasteiger partial charge on any atom is -0.480 e. The lowest BCUT2D eigenvalue weighted by Crippen LogP contribution is -2.29. The van der Waals surface area contributed by atoms with Gasteiger partial charge in [-0.05, 0) is 48.7 Å². The van der Waals surface area contributed by atoms with Crippen LogP contribution in [0.2, 0.25) is 0 Å². The summed E-state index contributed by atoms with van der Waals surface area (Å²) in [6.45, 7) is 7.78. The minimum atomic E-state index is -0.819. The van der Waals surface area contributed by atoms with Crippen molar-refractivity contribution in [2.45, 2.75) is 58.9 Å². The van der Waals surface area contributed by atoms with E-state index in [0.29, 0.717) is 18.2 Å². The lowest BCUT2D eigenvalue weighted by molar-refractivity contribution is -0.141. The molecule has 0 bridgehead atoms. The molecule has 0 saturated heterocycles. The van der Waals surface area contributed by atoms with Crippen LogP contribution in [0.15, 0.2) is 42.5 Å². The predicted molar refractivity (Wildman–Crippen MR) is 137 cm³/mol. The molecule has 35 heavy (non-hydrogen) atoms. The zero-order chi connectivity index (χ0) is 24.8. The van der Waals surface area contributed by atoms with Crippen LogP contribution in [-0.2, 0) is 4.79 Å². The standard InChI is InChI=1S/C26H33N7O2/c1-4-7-8-9-14-23(25(34)35)33-22-16-15-18(17-21(22)27-26(33)32(5-2)6-3)19-12-10-11-13-20(19)24-28-30-31-29-24/h10-13,15-17,23H,4-9,14H2,1-3H3,(H,34,35)(H,28,29,30,31). The van der Waals surface area contributed by atoms with Crippen LogP contribution in [0.1, 0.15) is 58.9 Å². The molecule has 0 amide bonds. The second-order valence-corrected chi connectivity index (χ2v) is 8.64. The zero-order valence-corrected chi connectivity index (χ0v) is 20.6. The van der Waals surface area contributed by atoms with E-state index in [0.717, 1.165) is 66.5 Å². The third-order valence-electron chi connectivity index (χ3n) is 6.47. The van der Waals surface area contributed by atoms with Gasteiger partial charge in [0, 0.05) is 18.7 Å². The fourth-order valence-electron chi connectivity index (χ4n) is 4.62. The minimum absolute atomic E-state index is 0.521. The molecule has 2 aromatic heterocycles. The Morgan fingerprint density at radius 1 is 1.06 bits per heavy atom. The number of H-pyrrole nitrogens is 1. The maximum atomic E-state index is 12.4. The highest BCUT2D eigenvalue weighted by Gasteiger charge is 2.27. The van der Waals surface area contributed by atoms with E-state index in [1.807, 2.05) is 47.0 Å². The van der Waals surface area contributed by atoms with Crippen molar-refractivity contribution in [3.05, 3.63) is 42.5 Å². The van der Waals surface area contributed by atoms with Crippen molar-refractivity contribution in [3.8, 4) is 22.5 Å². The molecule has 9 heteroatoms. The molecule has 0 saturated carbocycles. The Labute approximate surface area is 205 Å². The number of nitrogens with zero attached hydrogens (tertiary/aromatic N) is 6. The maximum Gasteiger partial charge on any atom is 0.326 e. The number of carbonyl (C=O) groups is 1. The first-order valence-corrected chi connectivity index (χ1v) is 12.4. The Balaban J connectivity index is 1.82. The Hall–Kier alpha value is -3.75. The number of unbranched alkanes of at least 4 members (excludes halogenated alkanes) is 3. The number of rotatable bonds is 12. The summed E-state index contributed by atoms with van der Waals surface area (Å²) in [7, 11) is 0. The molecule has 9 nitrogen and oxygen atoms in total. The van der Waals surface area contributed by atoms with Gasteiger partial charge in [0.05, 0.1) is 11.0 Å². The number of hydrogen-bond acceptors (Lipinski definition) is 6. The number of aromatic amines is 1. The summed E-state index contributed by atoms with van der Waals surface area (Å²) in [6, 6.07) is 13.3. The SMILES string of the molecule is CCCCCCC(C(=O)O)n1c(N(CC)CC)nc2cc(-c3ccccc3-c3nn[nH]n3)ccc21. The van der Waals surface area contributed by atoms with Gasteiger partial charge in [-0.2, -0.15) is 5.21 Å². The molecular weight excluding hydrogens is 442 g/mol. The number of carboxylic acids is 1. The van der Waals surface area contributed by atoms with Crippen LogP contribution in [0, 0.1) is 0 Å². The maximum absolute atomic E-state index is 12.4. The van der Waals surface area contributed by atoms with E-state index in [9.17, 15) is 9.90 Å². The molecule has 0 aliphatic heterocycles. The first-order valence-electron chi connectivity index (χ1n) is 12.4. The summed E-state index contributed by atoms with van der Waals surface area (Å²) in [4.78, 5) is 19.5. The highest BCUT2D eigenvalue weighted by molar-refractivity contribution is 5.89. The third kappa shape index (κ3) is 5.03. The van der Waals surface area contributed by atoms with E-state index in [2.05, 4.69) is 46.3 Å². The molecule has 2 N–H and O–H groups in total. The molecule has 0 aliphatic rings. The average molecular weight is 476 g/mol. The van der Waals surface area contributed by atoms with Gasteiger partial charge in [-0.1, -0.05) is 62.9 Å². The van der Waals surface area contributed by atoms with Crippen molar-refractivity contribution in [2.24, 2.45) is 0 Å². The third-order valence-corrected chi connectivity index (χ3v) is 6.47. The largest absolute Gasteiger partial charge is 0.480 e. The molecule has 0 aliphatic carbocycles. The van der Waals surface area contributed by atoms with Gasteiger partial charge in [-0.25, -0.2) is 9.78 Å². The van der Waals surface area contributed by atoms with Crippen LogP contribution >= 0.6 is 0 Å². The number of nitrogens with one attached hydrogen (secondary N) is 1. The lowest BCUT2D eigenvalue weighted by atomic mass is 9.99. The van der Waals surface area contributed by atoms with Crippen molar-refractivity contribution in [1.29, 1.82) is 0 Å². The van der Waals surface area contributed by atoms with Gasteiger partial charge in [0.1, 0.15) is 6.04 Å². The van der Waals surface area contributed by atoms with E-state index in [1.54, 1.807) is 0 Å². The average Bonchev–Trinajstić information content (AvgIpc) is 3.53. The Morgan fingerprint density at radius 3 is 2.49 bits per heavy atom. The fourth-order valence-corrected chi connectivity index (χ4v) is 4.62. The van der Waals surface area contributed by atoms with Crippen LogP contribution in [-0.4, -0.2) is 54.3 Å². The molecule has 2 aromatic carbocycles. The van der Waals surface area contributed by atoms with Gasteiger partial charge in [0.2, 0.25) is 11.8 Å². The first-order chi connectivity index (χ1) is 17.1. The number of hydrogen-bond donors (Lipinski definition) is 2. The molecule has 2 heterocycles. The van der Waals surface area contributed by atoms with E-state index in [-0.39, 0.29) is 0 Å². The topological polar surface area (TPSA) is 113 Å². The number of benzene rings is 2. The van der Waals surface area contributed by atoms with E-state index in [1.165, 1.54) is 0 Å². The van der Waals surface area contributed by atoms with E-state index in [4.69, 9.17) is 4.98 Å². The highest BCUT2D eigenvalue weighted by atomic mass is 16.4. The smallest absolute Gasteiger partial charge is 0.326 e. The number of imidazole rings is 1. The fraction of sp³-hybridized carbons (Fsp3) is 0.423. The number of aromatic nitrogens is 6. The quantitative estimate of drug-likeness (QED) is 0.266. The van der Waals surface area contributed by atoms with Crippen LogP contribution < -0.4 is 4.90 Å². The Bertz CT molecular complexity index is 1260. The summed E-state index contributed by atoms with van der Waals surface area (Å²) in [5.74, 6) is 0.408.